The van der Waals surface area contributed by atoms with E-state index < -0.39 is 0 Å². The highest BCUT2D eigenvalue weighted by atomic mass is 15.1. The van der Waals surface area contributed by atoms with E-state index in [1.807, 2.05) is 19.2 Å². The van der Waals surface area contributed by atoms with Crippen LogP contribution in [0.3, 0.4) is 0 Å². The van der Waals surface area contributed by atoms with Crippen LogP contribution in [0.4, 0.5) is 0 Å². The van der Waals surface area contributed by atoms with Gasteiger partial charge in [0.2, 0.25) is 0 Å². The summed E-state index contributed by atoms with van der Waals surface area (Å²) >= 11 is 0. The van der Waals surface area contributed by atoms with Gasteiger partial charge in [-0.15, -0.1) is 0 Å². The Morgan fingerprint density at radius 2 is 2.50 bits per heavy atom. The summed E-state index contributed by atoms with van der Waals surface area (Å²) in [5, 5.41) is 0. The number of rotatable bonds is 0. The molecule has 0 aliphatic carbocycles. The molecule has 1 rings (SSSR count). The largest absolute Gasteiger partial charge is 0.374 e. The molecule has 8 heavy (non-hydrogen) atoms. The van der Waals surface area contributed by atoms with Crippen molar-refractivity contribution < 1.29 is 0 Å². The van der Waals surface area contributed by atoms with Crippen molar-refractivity contribution in [3.05, 3.63) is 30.8 Å². The second kappa shape index (κ2) is 2.03. The summed E-state index contributed by atoms with van der Waals surface area (Å²) in [4.78, 5) is 2.10. The van der Waals surface area contributed by atoms with Gasteiger partial charge >= 0.3 is 0 Å². The Balaban J connectivity index is 2.66. The molecule has 0 saturated heterocycles. The van der Waals surface area contributed by atoms with E-state index in [-0.39, 0.29) is 0 Å². The minimum Gasteiger partial charge on any atom is -0.374 e. The van der Waals surface area contributed by atoms with Crippen LogP contribution in [0.1, 0.15) is 0 Å². The Bertz CT molecular complexity index is 133. The monoisotopic (exact) mass is 108 g/mol. The van der Waals surface area contributed by atoms with Gasteiger partial charge < -0.3 is 4.90 Å². The van der Waals surface area contributed by atoms with E-state index in [2.05, 4.69) is 17.9 Å². The third-order valence-corrected chi connectivity index (χ3v) is 1.29. The molecule has 1 aliphatic rings. The molecule has 1 aliphatic heterocycles. The Kier molecular flexibility index (Phi) is 1.38. The maximum atomic E-state index is 3.81. The second-order valence-electron chi connectivity index (χ2n) is 1.97. The van der Waals surface area contributed by atoms with Crippen molar-refractivity contribution in [2.24, 2.45) is 0 Å². The summed E-state index contributed by atoms with van der Waals surface area (Å²) in [5.41, 5.74) is 1.09. The fraction of sp³-hybridized carbons (Fsp3) is 0.286. The minimum atomic E-state index is 0.995. The van der Waals surface area contributed by atoms with Crippen LogP contribution in [0.25, 0.3) is 0 Å². The first-order valence-corrected chi connectivity index (χ1v) is 2.70. The van der Waals surface area contributed by atoms with Crippen LogP contribution in [0.5, 0.6) is 0 Å². The molecule has 0 aromatic heterocycles. The molecule has 0 bridgehead atoms. The summed E-state index contributed by atoms with van der Waals surface area (Å²) < 4.78 is 0. The van der Waals surface area contributed by atoms with Crippen molar-refractivity contribution >= 4 is 0 Å². The lowest BCUT2D eigenvalue weighted by Gasteiger charge is -2.19. The molecule has 0 atom stereocenters. The number of allylic oxidation sites excluding steroid dienone is 3. The molecule has 1 heteroatoms. The van der Waals surface area contributed by atoms with Crippen molar-refractivity contribution in [3.8, 4) is 0 Å². The Morgan fingerprint density at radius 3 is 2.88 bits per heavy atom. The molecule has 1 radical (unpaired) electrons. The standard InChI is InChI=1S/C7H10N/c1-7-5-3-4-6-8(7)2/h3-5H,1,6H2,2H3. The maximum Gasteiger partial charge on any atom is 0.0356 e. The van der Waals surface area contributed by atoms with Crippen LogP contribution in [0, 0.1) is 6.92 Å². The molecule has 0 aromatic rings. The van der Waals surface area contributed by atoms with Crippen LogP contribution >= 0.6 is 0 Å². The van der Waals surface area contributed by atoms with Gasteiger partial charge in [0.25, 0.3) is 0 Å². The van der Waals surface area contributed by atoms with Crippen LogP contribution in [-0.4, -0.2) is 18.5 Å². The smallest absolute Gasteiger partial charge is 0.0356 e. The maximum absolute atomic E-state index is 3.81. The van der Waals surface area contributed by atoms with Gasteiger partial charge in [0.1, 0.15) is 0 Å². The average Bonchev–Trinajstić information content (AvgIpc) is 1.77. The van der Waals surface area contributed by atoms with E-state index in [1.165, 1.54) is 0 Å². The lowest BCUT2D eigenvalue weighted by molar-refractivity contribution is 0.473. The molecule has 0 spiro atoms. The molecule has 43 valence electrons. The van der Waals surface area contributed by atoms with Gasteiger partial charge in [-0.05, 0) is 13.0 Å². The van der Waals surface area contributed by atoms with Gasteiger partial charge in [0.15, 0.2) is 0 Å². The molecule has 1 heterocycles. The molecule has 1 nitrogen and oxygen atoms in total. The van der Waals surface area contributed by atoms with E-state index in [0.717, 1.165) is 12.2 Å². The second-order valence-corrected chi connectivity index (χ2v) is 1.97. The van der Waals surface area contributed by atoms with Gasteiger partial charge in [-0.2, -0.15) is 0 Å². The van der Waals surface area contributed by atoms with Crippen LogP contribution in [0.2, 0.25) is 0 Å². The minimum absolute atomic E-state index is 0.995. The van der Waals surface area contributed by atoms with Crippen molar-refractivity contribution in [1.29, 1.82) is 0 Å². The highest BCUT2D eigenvalue weighted by molar-refractivity contribution is 5.18. The Morgan fingerprint density at radius 1 is 1.75 bits per heavy atom. The molecule has 0 amide bonds. The normalized spacial score (nSPS) is 18.8. The quantitative estimate of drug-likeness (QED) is 0.451. The lowest BCUT2D eigenvalue weighted by atomic mass is 10.3. The van der Waals surface area contributed by atoms with E-state index in [9.17, 15) is 0 Å². The third-order valence-electron chi connectivity index (χ3n) is 1.29. The summed E-state index contributed by atoms with van der Waals surface area (Å²) in [5.74, 6) is 0. The zero-order valence-electron chi connectivity index (χ0n) is 5.09. The number of hydrogen-bond donors (Lipinski definition) is 0. The summed E-state index contributed by atoms with van der Waals surface area (Å²) in [7, 11) is 2.03. The Hall–Kier alpha value is -0.720. The highest BCUT2D eigenvalue weighted by Crippen LogP contribution is 2.03. The number of nitrogens with zero attached hydrogens (tertiary/aromatic N) is 1. The van der Waals surface area contributed by atoms with Gasteiger partial charge in [-0.25, -0.2) is 0 Å². The van der Waals surface area contributed by atoms with Crippen molar-refractivity contribution in [1.82, 2.24) is 4.90 Å². The summed E-state index contributed by atoms with van der Waals surface area (Å²) in [6.07, 6.45) is 6.14. The molecule has 0 aromatic carbocycles. The van der Waals surface area contributed by atoms with Crippen molar-refractivity contribution in [3.63, 3.8) is 0 Å². The number of likely N-dealkylation sites (N-methyl/N-ethyl adjacent to an activating group) is 1. The van der Waals surface area contributed by atoms with Crippen LogP contribution in [-0.2, 0) is 0 Å². The third kappa shape index (κ3) is 0.915. The predicted molar refractivity (Wildman–Crippen MR) is 35.2 cm³/mol. The number of hydrogen-bond acceptors (Lipinski definition) is 1. The van der Waals surface area contributed by atoms with Gasteiger partial charge in [0.05, 0.1) is 0 Å². The molecule has 0 N–H and O–H groups in total. The topological polar surface area (TPSA) is 3.24 Å². The van der Waals surface area contributed by atoms with Gasteiger partial charge in [-0.3, -0.25) is 0 Å². The van der Waals surface area contributed by atoms with E-state index in [1.54, 1.807) is 0 Å². The van der Waals surface area contributed by atoms with Gasteiger partial charge in [-0.1, -0.05) is 12.2 Å². The zero-order chi connectivity index (χ0) is 5.98. The summed E-state index contributed by atoms with van der Waals surface area (Å²) in [6.45, 7) is 4.81. The van der Waals surface area contributed by atoms with Crippen LogP contribution in [0.15, 0.2) is 23.9 Å². The Labute approximate surface area is 50.3 Å². The molecule has 0 fully saturated rings. The first-order valence-electron chi connectivity index (χ1n) is 2.70. The lowest BCUT2D eigenvalue weighted by Crippen LogP contribution is -2.17. The van der Waals surface area contributed by atoms with Crippen molar-refractivity contribution in [2.75, 3.05) is 13.6 Å². The zero-order valence-corrected chi connectivity index (χ0v) is 5.09. The van der Waals surface area contributed by atoms with E-state index >= 15 is 0 Å². The first kappa shape index (κ1) is 5.42. The fourth-order valence-electron chi connectivity index (χ4n) is 0.643. The highest BCUT2D eigenvalue weighted by Gasteiger charge is 1.96. The molecular weight excluding hydrogens is 98.1 g/mol. The predicted octanol–water partition coefficient (Wildman–Crippen LogP) is 1.21. The molecule has 0 unspecified atom stereocenters. The van der Waals surface area contributed by atoms with Crippen molar-refractivity contribution in [2.45, 2.75) is 0 Å². The SMILES string of the molecule is [CH2]C1=CC=CCN1C. The molecule has 0 saturated carbocycles. The average molecular weight is 108 g/mol. The first-order chi connectivity index (χ1) is 3.80. The van der Waals surface area contributed by atoms with Gasteiger partial charge in [0, 0.05) is 19.3 Å². The summed E-state index contributed by atoms with van der Waals surface area (Å²) in [6, 6.07) is 0. The van der Waals surface area contributed by atoms with Crippen LogP contribution < -0.4 is 0 Å². The van der Waals surface area contributed by atoms with E-state index in [4.69, 9.17) is 0 Å². The van der Waals surface area contributed by atoms with E-state index in [0.29, 0.717) is 0 Å². The fourth-order valence-corrected chi connectivity index (χ4v) is 0.643. The molecular formula is C7H10N.